The van der Waals surface area contributed by atoms with Gasteiger partial charge < -0.3 is 69.5 Å². The number of hydrogen-bond acceptors (Lipinski definition) is 15. The summed E-state index contributed by atoms with van der Waals surface area (Å²) < 4.78 is 77.9. The Balaban J connectivity index is 1.72. The summed E-state index contributed by atoms with van der Waals surface area (Å²) in [6.07, 6.45) is -13.6. The fourth-order valence-corrected chi connectivity index (χ4v) is 10.6. The number of benzene rings is 1. The number of halogens is 3. The van der Waals surface area contributed by atoms with Gasteiger partial charge in [-0.1, -0.05) is 26.8 Å². The van der Waals surface area contributed by atoms with Crippen LogP contribution in [0.25, 0.3) is 0 Å². The number of anilines is 1. The maximum atomic E-state index is 14.5. The molecule has 0 saturated carbocycles. The Labute approximate surface area is 406 Å². The molecular weight excluding hydrogens is 914 g/mol. The first kappa shape index (κ1) is 58.3. The SMILES string of the molecule is CC[C@H]1OC(=O)[C@H](C)[C@@H](O[C@H]2C[C@@](C)(OC)[C@@H](O)[C@H](C)O2)[C@H](C)[C@@H](O[C@@H]2O[C@H](C)C[C@H](N(C)C)[C@H]2O)[C@](C)(O)C[C@@H](C)CN(CCCNC(=S)Nc2cccc(C(F)(F)F)c2)[C@H](C)[C@@H](O)[C@]1(C)O. The van der Waals surface area contributed by atoms with Crippen molar-refractivity contribution in [3.63, 3.8) is 0 Å². The quantitative estimate of drug-likeness (QED) is 0.0865. The summed E-state index contributed by atoms with van der Waals surface area (Å²) in [6.45, 7) is 18.1. The van der Waals surface area contributed by atoms with Crippen LogP contribution in [0.15, 0.2) is 24.3 Å². The highest BCUT2D eigenvalue weighted by atomic mass is 32.1. The zero-order valence-corrected chi connectivity index (χ0v) is 43.0. The molecule has 20 heteroatoms. The minimum absolute atomic E-state index is 0.0747. The van der Waals surface area contributed by atoms with Crippen LogP contribution in [0.4, 0.5) is 18.9 Å². The minimum atomic E-state index is -4.52. The maximum absolute atomic E-state index is 14.5. The van der Waals surface area contributed by atoms with Crippen molar-refractivity contribution >= 4 is 29.0 Å². The molecule has 16 nitrogen and oxygen atoms in total. The molecule has 0 amide bonds. The Morgan fingerprint density at radius 2 is 1.66 bits per heavy atom. The molecule has 0 spiro atoms. The summed E-state index contributed by atoms with van der Waals surface area (Å²) in [5, 5.41) is 65.8. The first-order chi connectivity index (χ1) is 31.5. The van der Waals surface area contributed by atoms with Gasteiger partial charge in [0.2, 0.25) is 0 Å². The third kappa shape index (κ3) is 14.4. The van der Waals surface area contributed by atoms with Gasteiger partial charge in [-0.05, 0) is 125 Å². The van der Waals surface area contributed by atoms with Crippen LogP contribution in [0.2, 0.25) is 0 Å². The molecule has 3 fully saturated rings. The molecule has 0 unspecified atom stereocenters. The van der Waals surface area contributed by atoms with E-state index in [4.69, 9.17) is 40.6 Å². The van der Waals surface area contributed by atoms with Gasteiger partial charge in [-0.2, -0.15) is 13.2 Å². The zero-order chi connectivity index (χ0) is 51.3. The predicted molar refractivity (Wildman–Crippen MR) is 253 cm³/mol. The molecular formula is C48H81F3N4O12S. The number of alkyl halides is 3. The van der Waals surface area contributed by atoms with Crippen LogP contribution in [0.1, 0.15) is 107 Å². The van der Waals surface area contributed by atoms with Crippen LogP contribution in [-0.4, -0.2) is 178 Å². The van der Waals surface area contributed by atoms with Gasteiger partial charge in [0.1, 0.15) is 30.0 Å². The van der Waals surface area contributed by atoms with E-state index in [1.165, 1.54) is 26.2 Å². The van der Waals surface area contributed by atoms with E-state index in [-0.39, 0.29) is 54.7 Å². The van der Waals surface area contributed by atoms with Gasteiger partial charge in [0.25, 0.3) is 0 Å². The average molecular weight is 995 g/mol. The number of carbonyl (C=O) groups excluding carboxylic acids is 1. The van der Waals surface area contributed by atoms with Crippen molar-refractivity contribution in [2.24, 2.45) is 17.8 Å². The number of nitrogens with one attached hydrogen (secondary N) is 2. The van der Waals surface area contributed by atoms with Crippen molar-refractivity contribution < 1.29 is 71.9 Å². The third-order valence-electron chi connectivity index (χ3n) is 14.4. The van der Waals surface area contributed by atoms with Crippen LogP contribution in [-0.2, 0) is 39.4 Å². The summed E-state index contributed by atoms with van der Waals surface area (Å²) in [7, 11) is 5.19. The van der Waals surface area contributed by atoms with Gasteiger partial charge >= 0.3 is 12.1 Å². The Bertz CT molecular complexity index is 1780. The van der Waals surface area contributed by atoms with Gasteiger partial charge in [0, 0.05) is 56.9 Å². The molecule has 0 aliphatic carbocycles. The van der Waals surface area contributed by atoms with Crippen LogP contribution in [0.5, 0.6) is 0 Å². The van der Waals surface area contributed by atoms with E-state index in [2.05, 4.69) is 10.6 Å². The molecule has 18 atom stereocenters. The van der Waals surface area contributed by atoms with Crippen molar-refractivity contribution in [1.82, 2.24) is 15.1 Å². The van der Waals surface area contributed by atoms with Crippen molar-refractivity contribution in [3.8, 4) is 0 Å². The summed E-state index contributed by atoms with van der Waals surface area (Å²) >= 11 is 5.40. The van der Waals surface area contributed by atoms with Gasteiger partial charge in [-0.3, -0.25) is 9.69 Å². The van der Waals surface area contributed by atoms with Crippen molar-refractivity contribution in [3.05, 3.63) is 29.8 Å². The Hall–Kier alpha value is -2.31. The summed E-state index contributed by atoms with van der Waals surface area (Å²) in [5.74, 6) is -3.03. The van der Waals surface area contributed by atoms with E-state index < -0.39 is 108 Å². The number of nitrogens with zero attached hydrogens (tertiary/aromatic N) is 2. The highest BCUT2D eigenvalue weighted by Gasteiger charge is 2.53. The largest absolute Gasteiger partial charge is 0.459 e. The number of ether oxygens (including phenoxy) is 6. The number of aliphatic hydroxyl groups is 5. The van der Waals surface area contributed by atoms with E-state index in [1.807, 2.05) is 37.7 Å². The first-order valence-corrected chi connectivity index (χ1v) is 24.4. The fourth-order valence-electron chi connectivity index (χ4n) is 10.3. The second kappa shape index (κ2) is 23.9. The molecule has 0 radical (unpaired) electrons. The highest BCUT2D eigenvalue weighted by Crippen LogP contribution is 2.40. The molecule has 7 N–H and O–H groups in total. The summed E-state index contributed by atoms with van der Waals surface area (Å²) in [5.41, 5.74) is -5.40. The van der Waals surface area contributed by atoms with E-state index in [0.29, 0.717) is 25.9 Å². The Kier molecular flexibility index (Phi) is 20.5. The number of rotatable bonds is 12. The number of thiocarbonyl (C=S) groups is 1. The van der Waals surface area contributed by atoms with Crippen LogP contribution in [0.3, 0.4) is 0 Å². The Morgan fingerprint density at radius 1 is 1.00 bits per heavy atom. The number of carbonyl (C=O) groups is 1. The van der Waals surface area contributed by atoms with Crippen molar-refractivity contribution in [2.45, 2.75) is 198 Å². The minimum Gasteiger partial charge on any atom is -0.459 e. The topological polar surface area (TPSA) is 204 Å². The van der Waals surface area contributed by atoms with Gasteiger partial charge in [-0.25, -0.2) is 0 Å². The second-order valence-electron chi connectivity index (χ2n) is 20.5. The monoisotopic (exact) mass is 995 g/mol. The van der Waals surface area contributed by atoms with E-state index in [1.54, 1.807) is 48.5 Å². The number of hydrogen-bond donors (Lipinski definition) is 7. The molecule has 4 rings (SSSR count). The van der Waals surface area contributed by atoms with Crippen molar-refractivity contribution in [1.29, 1.82) is 0 Å². The highest BCUT2D eigenvalue weighted by molar-refractivity contribution is 7.80. The smallest absolute Gasteiger partial charge is 0.416 e. The maximum Gasteiger partial charge on any atom is 0.416 e. The molecule has 3 saturated heterocycles. The summed E-state index contributed by atoms with van der Waals surface area (Å²) in [4.78, 5) is 18.4. The number of aliphatic hydroxyl groups excluding tert-OH is 3. The standard InChI is InChI=1S/C48H81F3N4O12S/c1-14-35-47(10,61)39(57)30(6)55(20-16-19-52-44(68)53-33-18-15-17-32(22-33)48(49,50)51)25-26(2)23-45(8,60)41(67-43-37(56)34(54(11)12)21-27(3)63-43)28(4)38(29(5)42(59)65-35)66-36-24-46(9,62-13)40(58)31(7)64-36/h15,17-18,22,26-31,34-41,43,56-58,60-61H,14,16,19-21,23-25H2,1-13H3,(H2,52,53,68)/t26-,27-,28+,29-,30-,31+,34+,35-,36+,37-,38+,39-,40+,41-,43+,45-,46-,47-/m1/s1. The first-order valence-electron chi connectivity index (χ1n) is 24.0. The normalized spacial score (nSPS) is 40.8. The molecule has 1 aromatic carbocycles. The third-order valence-corrected chi connectivity index (χ3v) is 14.6. The van der Waals surface area contributed by atoms with E-state index in [0.717, 1.165) is 12.1 Å². The van der Waals surface area contributed by atoms with Gasteiger partial charge in [-0.15, -0.1) is 0 Å². The lowest BCUT2D eigenvalue weighted by Gasteiger charge is -2.48. The Morgan fingerprint density at radius 3 is 2.26 bits per heavy atom. The molecule has 1 aromatic rings. The number of cyclic esters (lactones) is 1. The molecule has 68 heavy (non-hydrogen) atoms. The van der Waals surface area contributed by atoms with Crippen LogP contribution >= 0.6 is 12.2 Å². The summed E-state index contributed by atoms with van der Waals surface area (Å²) in [6, 6.07) is 3.61. The van der Waals surface area contributed by atoms with Gasteiger partial charge in [0.15, 0.2) is 17.7 Å². The lowest BCUT2D eigenvalue weighted by molar-refractivity contribution is -0.318. The van der Waals surface area contributed by atoms with Gasteiger partial charge in [0.05, 0.1) is 47.1 Å². The van der Waals surface area contributed by atoms with Crippen molar-refractivity contribution in [2.75, 3.05) is 46.2 Å². The molecule has 3 aliphatic rings. The lowest BCUT2D eigenvalue weighted by atomic mass is 9.77. The van der Waals surface area contributed by atoms with Crippen LogP contribution in [0, 0.1) is 17.8 Å². The average Bonchev–Trinajstić information content (AvgIpc) is 3.25. The number of esters is 1. The van der Waals surface area contributed by atoms with E-state index in [9.17, 15) is 43.5 Å². The van der Waals surface area contributed by atoms with E-state index >= 15 is 0 Å². The second-order valence-corrected chi connectivity index (χ2v) is 20.9. The fraction of sp³-hybridized carbons (Fsp3) is 0.833. The lowest BCUT2D eigenvalue weighted by Crippen LogP contribution is -2.60. The molecule has 3 heterocycles. The molecule has 392 valence electrons. The predicted octanol–water partition coefficient (Wildman–Crippen LogP) is 4.67. The number of methoxy groups -OCH3 is 1. The molecule has 0 aromatic heterocycles. The number of likely N-dealkylation sites (N-methyl/N-ethyl adjacent to an activating group) is 1. The zero-order valence-electron chi connectivity index (χ0n) is 42.2. The molecule has 0 bridgehead atoms. The molecule has 3 aliphatic heterocycles. The van der Waals surface area contributed by atoms with Crippen LogP contribution < -0.4 is 10.6 Å².